The van der Waals surface area contributed by atoms with Gasteiger partial charge in [0.15, 0.2) is 0 Å². The zero-order valence-electron chi connectivity index (χ0n) is 9.55. The first-order chi connectivity index (χ1) is 7.69. The fourth-order valence-corrected chi connectivity index (χ4v) is 1.36. The lowest BCUT2D eigenvalue weighted by Crippen LogP contribution is -2.38. The minimum atomic E-state index is -0.345. The minimum Gasteiger partial charge on any atom is -0.350 e. The lowest BCUT2D eigenvalue weighted by atomic mass is 10.1. The number of nitrogens with one attached hydrogen (secondary N) is 1. The van der Waals surface area contributed by atoms with Crippen LogP contribution in [-0.2, 0) is 4.79 Å². The maximum Gasteiger partial charge on any atom is 0.244 e. The van der Waals surface area contributed by atoms with Gasteiger partial charge in [-0.25, -0.2) is 0 Å². The van der Waals surface area contributed by atoms with E-state index in [9.17, 15) is 4.79 Å². The van der Waals surface area contributed by atoms with E-state index in [4.69, 9.17) is 5.26 Å². The Morgan fingerprint density at radius 2 is 2.44 bits per heavy atom. The monoisotopic (exact) mass is 220 g/mol. The Morgan fingerprint density at radius 3 is 2.94 bits per heavy atom. The SMILES string of the molecule is CCC(CC#N)NC(=O)C(C)n1cccn1. The van der Waals surface area contributed by atoms with E-state index in [1.54, 1.807) is 30.1 Å². The molecular weight excluding hydrogens is 204 g/mol. The second-order valence-electron chi connectivity index (χ2n) is 3.64. The number of nitrogens with zero attached hydrogens (tertiary/aromatic N) is 3. The van der Waals surface area contributed by atoms with Crippen LogP contribution >= 0.6 is 0 Å². The fourth-order valence-electron chi connectivity index (χ4n) is 1.36. The van der Waals surface area contributed by atoms with E-state index in [1.807, 2.05) is 6.92 Å². The van der Waals surface area contributed by atoms with Gasteiger partial charge in [0, 0.05) is 18.4 Å². The van der Waals surface area contributed by atoms with Crippen molar-refractivity contribution in [2.45, 2.75) is 38.8 Å². The van der Waals surface area contributed by atoms with Crippen LogP contribution < -0.4 is 5.32 Å². The van der Waals surface area contributed by atoms with Crippen molar-refractivity contribution in [2.75, 3.05) is 0 Å². The molecule has 0 saturated carbocycles. The van der Waals surface area contributed by atoms with E-state index < -0.39 is 0 Å². The van der Waals surface area contributed by atoms with Crippen LogP contribution in [0, 0.1) is 11.3 Å². The highest BCUT2D eigenvalue weighted by Gasteiger charge is 2.17. The Balaban J connectivity index is 2.55. The standard InChI is InChI=1S/C11H16N4O/c1-3-10(5-6-12)14-11(16)9(2)15-8-4-7-13-15/h4,7-10H,3,5H2,1-2H3,(H,14,16). The molecule has 0 aliphatic rings. The predicted octanol–water partition coefficient (Wildman–Crippen LogP) is 1.25. The van der Waals surface area contributed by atoms with Crippen molar-refractivity contribution in [2.24, 2.45) is 0 Å². The molecule has 86 valence electrons. The summed E-state index contributed by atoms with van der Waals surface area (Å²) in [5, 5.41) is 15.4. The molecular formula is C11H16N4O. The van der Waals surface area contributed by atoms with Crippen molar-refractivity contribution in [3.8, 4) is 6.07 Å². The Bertz CT molecular complexity index is 366. The minimum absolute atomic E-state index is 0.0736. The number of carbonyl (C=O) groups excluding carboxylic acids is 1. The lowest BCUT2D eigenvalue weighted by Gasteiger charge is -2.17. The van der Waals surface area contributed by atoms with Gasteiger partial charge in [0.1, 0.15) is 6.04 Å². The van der Waals surface area contributed by atoms with Gasteiger partial charge in [-0.2, -0.15) is 10.4 Å². The molecule has 0 radical (unpaired) electrons. The third kappa shape index (κ3) is 3.09. The van der Waals surface area contributed by atoms with E-state index >= 15 is 0 Å². The second-order valence-corrected chi connectivity index (χ2v) is 3.64. The van der Waals surface area contributed by atoms with Gasteiger partial charge in [0.05, 0.1) is 12.5 Å². The summed E-state index contributed by atoms with van der Waals surface area (Å²) in [7, 11) is 0. The van der Waals surface area contributed by atoms with E-state index in [2.05, 4.69) is 16.5 Å². The lowest BCUT2D eigenvalue weighted by molar-refractivity contribution is -0.124. The first-order valence-corrected chi connectivity index (χ1v) is 5.35. The number of rotatable bonds is 5. The van der Waals surface area contributed by atoms with Gasteiger partial charge < -0.3 is 5.32 Å². The van der Waals surface area contributed by atoms with E-state index in [0.29, 0.717) is 6.42 Å². The Morgan fingerprint density at radius 1 is 1.69 bits per heavy atom. The highest BCUT2D eigenvalue weighted by molar-refractivity contribution is 5.80. The highest BCUT2D eigenvalue weighted by Crippen LogP contribution is 2.05. The van der Waals surface area contributed by atoms with Gasteiger partial charge in [0.2, 0.25) is 5.91 Å². The van der Waals surface area contributed by atoms with Gasteiger partial charge in [-0.15, -0.1) is 0 Å². The quantitative estimate of drug-likeness (QED) is 0.811. The molecule has 0 bridgehead atoms. The topological polar surface area (TPSA) is 70.7 Å². The van der Waals surface area contributed by atoms with Gasteiger partial charge in [-0.1, -0.05) is 6.92 Å². The Hall–Kier alpha value is -1.83. The van der Waals surface area contributed by atoms with Crippen LogP contribution in [0.25, 0.3) is 0 Å². The molecule has 5 nitrogen and oxygen atoms in total. The maximum atomic E-state index is 11.8. The van der Waals surface area contributed by atoms with Crippen molar-refractivity contribution in [1.82, 2.24) is 15.1 Å². The molecule has 0 aromatic carbocycles. The van der Waals surface area contributed by atoms with Crippen LogP contribution in [0.4, 0.5) is 0 Å². The van der Waals surface area contributed by atoms with Crippen LogP contribution in [-0.4, -0.2) is 21.7 Å². The molecule has 16 heavy (non-hydrogen) atoms. The van der Waals surface area contributed by atoms with Crippen LogP contribution in [0.1, 0.15) is 32.7 Å². The average Bonchev–Trinajstić information content (AvgIpc) is 2.80. The van der Waals surface area contributed by atoms with E-state index in [0.717, 1.165) is 6.42 Å². The molecule has 0 aliphatic heterocycles. The van der Waals surface area contributed by atoms with E-state index in [-0.39, 0.29) is 18.0 Å². The summed E-state index contributed by atoms with van der Waals surface area (Å²) in [4.78, 5) is 11.8. The summed E-state index contributed by atoms with van der Waals surface area (Å²) in [6, 6.07) is 3.42. The summed E-state index contributed by atoms with van der Waals surface area (Å²) in [6.07, 6.45) is 4.48. The first-order valence-electron chi connectivity index (χ1n) is 5.35. The van der Waals surface area contributed by atoms with Crippen molar-refractivity contribution < 1.29 is 4.79 Å². The normalized spacial score (nSPS) is 13.8. The van der Waals surface area contributed by atoms with Crippen LogP contribution in [0.2, 0.25) is 0 Å². The fraction of sp³-hybridized carbons (Fsp3) is 0.545. The average molecular weight is 220 g/mol. The van der Waals surface area contributed by atoms with Gasteiger partial charge >= 0.3 is 0 Å². The molecule has 0 aliphatic carbocycles. The van der Waals surface area contributed by atoms with Crippen LogP contribution in [0.5, 0.6) is 0 Å². The Labute approximate surface area is 95.1 Å². The van der Waals surface area contributed by atoms with Crippen molar-refractivity contribution in [3.63, 3.8) is 0 Å². The molecule has 1 N–H and O–H groups in total. The third-order valence-corrected chi connectivity index (χ3v) is 2.48. The van der Waals surface area contributed by atoms with Crippen molar-refractivity contribution >= 4 is 5.91 Å². The van der Waals surface area contributed by atoms with Crippen molar-refractivity contribution in [1.29, 1.82) is 5.26 Å². The largest absolute Gasteiger partial charge is 0.350 e. The molecule has 0 spiro atoms. The number of carbonyl (C=O) groups is 1. The number of aromatic nitrogens is 2. The second kappa shape index (κ2) is 5.91. The molecule has 1 aromatic rings. The number of hydrogen-bond acceptors (Lipinski definition) is 3. The highest BCUT2D eigenvalue weighted by atomic mass is 16.2. The number of amides is 1. The molecule has 1 heterocycles. The molecule has 1 aromatic heterocycles. The van der Waals surface area contributed by atoms with Gasteiger partial charge in [0.25, 0.3) is 0 Å². The summed E-state index contributed by atoms with van der Waals surface area (Å²) >= 11 is 0. The van der Waals surface area contributed by atoms with Gasteiger partial charge in [-0.05, 0) is 19.4 Å². The summed E-state index contributed by atoms with van der Waals surface area (Å²) < 4.78 is 1.59. The predicted molar refractivity (Wildman–Crippen MR) is 59.4 cm³/mol. The molecule has 0 saturated heterocycles. The smallest absolute Gasteiger partial charge is 0.244 e. The van der Waals surface area contributed by atoms with Crippen LogP contribution in [0.15, 0.2) is 18.5 Å². The zero-order chi connectivity index (χ0) is 12.0. The summed E-state index contributed by atoms with van der Waals surface area (Å²) in [5.74, 6) is -0.106. The molecule has 0 fully saturated rings. The van der Waals surface area contributed by atoms with E-state index in [1.165, 1.54) is 0 Å². The third-order valence-electron chi connectivity index (χ3n) is 2.48. The first kappa shape index (κ1) is 12.2. The van der Waals surface area contributed by atoms with Crippen molar-refractivity contribution in [3.05, 3.63) is 18.5 Å². The molecule has 1 rings (SSSR count). The Kier molecular flexibility index (Phi) is 4.52. The number of hydrogen-bond donors (Lipinski definition) is 1. The molecule has 2 unspecified atom stereocenters. The van der Waals surface area contributed by atoms with Gasteiger partial charge in [-0.3, -0.25) is 9.48 Å². The summed E-state index contributed by atoms with van der Waals surface area (Å²) in [6.45, 7) is 3.72. The maximum absolute atomic E-state index is 11.8. The summed E-state index contributed by atoms with van der Waals surface area (Å²) in [5.41, 5.74) is 0. The molecule has 2 atom stereocenters. The molecule has 1 amide bonds. The molecule has 5 heteroatoms. The zero-order valence-corrected chi connectivity index (χ0v) is 9.55. The number of nitriles is 1. The van der Waals surface area contributed by atoms with Crippen LogP contribution in [0.3, 0.4) is 0 Å².